The van der Waals surface area contributed by atoms with Crippen LogP contribution in [0.5, 0.6) is 5.75 Å². The molecule has 1 atom stereocenters. The summed E-state index contributed by atoms with van der Waals surface area (Å²) in [4.78, 5) is 8.95. The zero-order chi connectivity index (χ0) is 22.5. The Morgan fingerprint density at radius 3 is 2.48 bits per heavy atom. The summed E-state index contributed by atoms with van der Waals surface area (Å²) in [6, 6.07) is 5.38. The molecule has 0 spiro atoms. The highest BCUT2D eigenvalue weighted by Gasteiger charge is 2.31. The molecule has 0 fully saturated rings. The van der Waals surface area contributed by atoms with Gasteiger partial charge in [-0.25, -0.2) is 9.98 Å². The van der Waals surface area contributed by atoms with Gasteiger partial charge in [0.25, 0.3) is 0 Å². The topological polar surface area (TPSA) is 158 Å². The molecule has 0 saturated heterocycles. The number of aryl methyl sites for hydroxylation is 2. The number of guanidine groups is 1. The van der Waals surface area contributed by atoms with Gasteiger partial charge in [0.2, 0.25) is 5.96 Å². The molecule has 2 heterocycles. The molecule has 0 aliphatic carbocycles. The minimum absolute atomic E-state index is 0.0208. The van der Waals surface area contributed by atoms with Crippen LogP contribution in [0, 0.1) is 36.6 Å². The van der Waals surface area contributed by atoms with Gasteiger partial charge < -0.3 is 21.5 Å². The number of nitriles is 2. The Kier molecular flexibility index (Phi) is 6.46. The van der Waals surface area contributed by atoms with Crippen LogP contribution in [0.1, 0.15) is 60.0 Å². The third-order valence-corrected chi connectivity index (χ3v) is 5.21. The SMILES string of the molecule is CCCCCOc1cc(C)c(C2N=C(NC#N)Nc3nc(N)c(C#N)c(N)c32)c(C)c1. The highest BCUT2D eigenvalue weighted by Crippen LogP contribution is 2.43. The van der Waals surface area contributed by atoms with E-state index < -0.39 is 6.04 Å². The predicted octanol–water partition coefficient (Wildman–Crippen LogP) is 3.25. The first-order chi connectivity index (χ1) is 14.9. The molecule has 1 aliphatic heterocycles. The number of hydrogen-bond donors (Lipinski definition) is 4. The van der Waals surface area contributed by atoms with Crippen molar-refractivity contribution >= 4 is 23.3 Å². The quantitative estimate of drug-likeness (QED) is 0.316. The second-order valence-electron chi connectivity index (χ2n) is 7.43. The van der Waals surface area contributed by atoms with Crippen molar-refractivity contribution < 1.29 is 4.74 Å². The van der Waals surface area contributed by atoms with Crippen LogP contribution in [0.2, 0.25) is 0 Å². The van der Waals surface area contributed by atoms with Crippen LogP contribution in [0.3, 0.4) is 0 Å². The summed E-state index contributed by atoms with van der Waals surface area (Å²) in [7, 11) is 0. The maximum absolute atomic E-state index is 9.48. The smallest absolute Gasteiger partial charge is 0.211 e. The second kappa shape index (κ2) is 9.23. The molecule has 1 unspecified atom stereocenters. The number of nitrogen functional groups attached to an aromatic ring is 2. The van der Waals surface area contributed by atoms with Gasteiger partial charge in [-0.2, -0.15) is 10.5 Å². The number of nitrogens with one attached hydrogen (secondary N) is 2. The first kappa shape index (κ1) is 21.7. The van der Waals surface area contributed by atoms with Crippen molar-refractivity contribution in [2.45, 2.75) is 46.1 Å². The molecule has 1 aromatic carbocycles. The van der Waals surface area contributed by atoms with E-state index in [-0.39, 0.29) is 23.0 Å². The van der Waals surface area contributed by atoms with E-state index in [2.05, 4.69) is 27.5 Å². The summed E-state index contributed by atoms with van der Waals surface area (Å²) in [6.45, 7) is 6.77. The van der Waals surface area contributed by atoms with E-state index in [0.717, 1.165) is 41.7 Å². The summed E-state index contributed by atoms with van der Waals surface area (Å²) < 4.78 is 5.92. The zero-order valence-corrected chi connectivity index (χ0v) is 17.9. The molecule has 0 radical (unpaired) electrons. The summed E-state index contributed by atoms with van der Waals surface area (Å²) in [6.07, 6.45) is 5.13. The minimum atomic E-state index is -0.568. The van der Waals surface area contributed by atoms with Crippen LogP contribution in [0.25, 0.3) is 0 Å². The molecule has 9 nitrogen and oxygen atoms in total. The lowest BCUT2D eigenvalue weighted by Crippen LogP contribution is -2.33. The van der Waals surface area contributed by atoms with E-state index in [0.29, 0.717) is 18.0 Å². The van der Waals surface area contributed by atoms with Gasteiger partial charge in [0, 0.05) is 5.56 Å². The molecule has 2 aromatic rings. The van der Waals surface area contributed by atoms with Crippen molar-refractivity contribution in [3.05, 3.63) is 39.9 Å². The van der Waals surface area contributed by atoms with Crippen molar-refractivity contribution in [1.29, 1.82) is 10.5 Å². The number of unbranched alkanes of at least 4 members (excludes halogenated alkanes) is 2. The summed E-state index contributed by atoms with van der Waals surface area (Å²) in [5.41, 5.74) is 15.9. The van der Waals surface area contributed by atoms with Gasteiger partial charge in [-0.3, -0.25) is 5.32 Å². The van der Waals surface area contributed by atoms with E-state index in [1.54, 1.807) is 0 Å². The van der Waals surface area contributed by atoms with Crippen molar-refractivity contribution in [1.82, 2.24) is 10.3 Å². The van der Waals surface area contributed by atoms with Gasteiger partial charge in [0.05, 0.1) is 12.3 Å². The van der Waals surface area contributed by atoms with Gasteiger partial charge in [-0.05, 0) is 49.1 Å². The fourth-order valence-electron chi connectivity index (χ4n) is 3.78. The number of aliphatic imine (C=N–C) groups is 1. The summed E-state index contributed by atoms with van der Waals surface area (Å²) >= 11 is 0. The Bertz CT molecular complexity index is 1090. The number of benzene rings is 1. The molecule has 0 bridgehead atoms. The monoisotopic (exact) mass is 418 g/mol. The number of rotatable bonds is 6. The molecule has 31 heavy (non-hydrogen) atoms. The lowest BCUT2D eigenvalue weighted by atomic mass is 9.89. The first-order valence-corrected chi connectivity index (χ1v) is 10.1. The first-order valence-electron chi connectivity index (χ1n) is 10.1. The molecule has 6 N–H and O–H groups in total. The van der Waals surface area contributed by atoms with Gasteiger partial charge >= 0.3 is 0 Å². The fourth-order valence-corrected chi connectivity index (χ4v) is 3.78. The molecule has 1 aromatic heterocycles. The number of nitrogens with zero attached hydrogens (tertiary/aromatic N) is 4. The molecular formula is C22H26N8O. The Morgan fingerprint density at radius 2 is 1.87 bits per heavy atom. The van der Waals surface area contributed by atoms with Crippen molar-refractivity contribution in [3.63, 3.8) is 0 Å². The minimum Gasteiger partial charge on any atom is -0.494 e. The van der Waals surface area contributed by atoms with E-state index in [1.807, 2.05) is 38.2 Å². The predicted molar refractivity (Wildman–Crippen MR) is 120 cm³/mol. The van der Waals surface area contributed by atoms with Crippen LogP contribution in [0.15, 0.2) is 17.1 Å². The Balaban J connectivity index is 2.09. The lowest BCUT2D eigenvalue weighted by molar-refractivity contribution is 0.306. The maximum Gasteiger partial charge on any atom is 0.211 e. The Hall–Kier alpha value is -3.98. The maximum atomic E-state index is 9.48. The largest absolute Gasteiger partial charge is 0.494 e. The van der Waals surface area contributed by atoms with Gasteiger partial charge in [0.1, 0.15) is 35.1 Å². The van der Waals surface area contributed by atoms with Gasteiger partial charge in [-0.1, -0.05) is 19.8 Å². The molecule has 9 heteroatoms. The molecule has 0 amide bonds. The second-order valence-corrected chi connectivity index (χ2v) is 7.43. The third kappa shape index (κ3) is 4.31. The molecule has 0 saturated carbocycles. The number of anilines is 3. The highest BCUT2D eigenvalue weighted by molar-refractivity contribution is 5.98. The van der Waals surface area contributed by atoms with Crippen LogP contribution in [-0.2, 0) is 0 Å². The van der Waals surface area contributed by atoms with E-state index in [4.69, 9.17) is 21.5 Å². The Labute approximate surface area is 181 Å². The van der Waals surface area contributed by atoms with Gasteiger partial charge in [0.15, 0.2) is 6.19 Å². The average Bonchev–Trinajstić information content (AvgIpc) is 2.71. The number of fused-ring (bicyclic) bond motifs is 1. The Morgan fingerprint density at radius 1 is 1.16 bits per heavy atom. The van der Waals surface area contributed by atoms with E-state index in [1.165, 1.54) is 0 Å². The third-order valence-electron chi connectivity index (χ3n) is 5.21. The van der Waals surface area contributed by atoms with Gasteiger partial charge in [-0.15, -0.1) is 0 Å². The van der Waals surface area contributed by atoms with Crippen LogP contribution in [-0.4, -0.2) is 17.6 Å². The average molecular weight is 419 g/mol. The summed E-state index contributed by atoms with van der Waals surface area (Å²) in [5, 5.41) is 24.0. The lowest BCUT2D eigenvalue weighted by Gasteiger charge is -2.28. The summed E-state index contributed by atoms with van der Waals surface area (Å²) in [5.74, 6) is 1.41. The zero-order valence-electron chi connectivity index (χ0n) is 17.9. The normalized spacial score (nSPS) is 14.5. The molecule has 3 rings (SSSR count). The number of hydrogen-bond acceptors (Lipinski definition) is 9. The van der Waals surface area contributed by atoms with E-state index >= 15 is 0 Å². The van der Waals surface area contributed by atoms with E-state index in [9.17, 15) is 5.26 Å². The standard InChI is InChI=1S/C22H26N8O/c1-4-5-6-7-31-14-8-12(2)16(13(3)9-14)19-17-18(25)15(10-23)20(26)29-21(17)30-22(28-19)27-11-24/h8-9,19H,4-7H2,1-3H3,(H6,25,26,27,28,29,30). The van der Waals surface area contributed by atoms with Crippen LogP contribution < -0.4 is 26.8 Å². The molecular weight excluding hydrogens is 392 g/mol. The number of ether oxygens (including phenoxy) is 1. The van der Waals surface area contributed by atoms with Crippen LogP contribution >= 0.6 is 0 Å². The number of aromatic nitrogens is 1. The number of nitrogens with two attached hydrogens (primary N) is 2. The van der Waals surface area contributed by atoms with Crippen molar-refractivity contribution in [2.75, 3.05) is 23.4 Å². The van der Waals surface area contributed by atoms with Crippen LogP contribution in [0.4, 0.5) is 17.3 Å². The van der Waals surface area contributed by atoms with Crippen molar-refractivity contribution in [3.8, 4) is 18.0 Å². The fraction of sp³-hybridized carbons (Fsp3) is 0.364. The number of pyridine rings is 1. The van der Waals surface area contributed by atoms with Crippen molar-refractivity contribution in [2.24, 2.45) is 4.99 Å². The molecule has 1 aliphatic rings. The highest BCUT2D eigenvalue weighted by atomic mass is 16.5. The molecule has 160 valence electrons.